The Bertz CT molecular complexity index is 577. The fraction of sp³-hybridized carbons (Fsp3) is 0.385. The van der Waals surface area contributed by atoms with Gasteiger partial charge in [0.15, 0.2) is 6.10 Å². The van der Waals surface area contributed by atoms with E-state index in [1.54, 1.807) is 6.07 Å². The Morgan fingerprint density at radius 1 is 1.55 bits per heavy atom. The number of ketones is 1. The van der Waals surface area contributed by atoms with Gasteiger partial charge in [-0.25, -0.2) is 4.79 Å². The zero-order chi connectivity index (χ0) is 16.5. The van der Waals surface area contributed by atoms with Crippen molar-refractivity contribution in [1.29, 1.82) is 0 Å². The summed E-state index contributed by atoms with van der Waals surface area (Å²) < 4.78 is 10.0. The molecule has 2 N–H and O–H groups in total. The van der Waals surface area contributed by atoms with Crippen molar-refractivity contribution in [3.63, 3.8) is 0 Å². The quantitative estimate of drug-likeness (QED) is 0.378. The van der Waals surface area contributed by atoms with Crippen molar-refractivity contribution in [2.24, 2.45) is 0 Å². The summed E-state index contributed by atoms with van der Waals surface area (Å²) in [5.41, 5.74) is 8.20. The number of Topliss-reactive ketones (excluding diaryl/α,β-unsaturated/α-hetero) is 1. The highest BCUT2D eigenvalue weighted by molar-refractivity contribution is 6.25. The second-order valence-corrected chi connectivity index (χ2v) is 4.28. The second kappa shape index (κ2) is 8.50. The van der Waals surface area contributed by atoms with Gasteiger partial charge < -0.3 is 25.1 Å². The standard InChI is InChI=1S/C13H15N3O6/c1-21-11(10-3-2-6-22-10)12(18)16-9(13(19)20)5-4-8(17)7-15-14/h2-3,6-7,9,11H,4-5H2,1H3,(H,16,18)(H,19,20)/t9-,11+/m0/s1. The zero-order valence-corrected chi connectivity index (χ0v) is 11.8. The smallest absolute Gasteiger partial charge is 0.326 e. The highest BCUT2D eigenvalue weighted by atomic mass is 16.5. The molecule has 0 bridgehead atoms. The lowest BCUT2D eigenvalue weighted by Crippen LogP contribution is -2.43. The minimum absolute atomic E-state index is 0.152. The molecule has 0 aliphatic rings. The van der Waals surface area contributed by atoms with E-state index in [1.807, 2.05) is 0 Å². The first-order chi connectivity index (χ1) is 10.5. The molecule has 1 heterocycles. The molecular formula is C13H15N3O6. The summed E-state index contributed by atoms with van der Waals surface area (Å²) in [5.74, 6) is -2.32. The summed E-state index contributed by atoms with van der Waals surface area (Å²) in [7, 11) is 1.28. The molecule has 118 valence electrons. The highest BCUT2D eigenvalue weighted by Gasteiger charge is 2.28. The first-order valence-electron chi connectivity index (χ1n) is 6.29. The molecule has 0 aromatic carbocycles. The van der Waals surface area contributed by atoms with E-state index in [2.05, 4.69) is 10.1 Å². The monoisotopic (exact) mass is 309 g/mol. The van der Waals surface area contributed by atoms with E-state index in [0.29, 0.717) is 6.21 Å². The molecule has 9 nitrogen and oxygen atoms in total. The third-order valence-electron chi connectivity index (χ3n) is 2.77. The topological polar surface area (TPSA) is 142 Å². The summed E-state index contributed by atoms with van der Waals surface area (Å²) in [6.07, 6.45) is 0.587. The number of nitrogens with zero attached hydrogens (tertiary/aromatic N) is 2. The Morgan fingerprint density at radius 2 is 2.27 bits per heavy atom. The molecular weight excluding hydrogens is 294 g/mol. The molecule has 1 aromatic heterocycles. The fourth-order valence-electron chi connectivity index (χ4n) is 1.71. The number of furan rings is 1. The number of hydrogen-bond acceptors (Lipinski definition) is 5. The van der Waals surface area contributed by atoms with Gasteiger partial charge in [0.1, 0.15) is 11.8 Å². The van der Waals surface area contributed by atoms with Crippen molar-refractivity contribution in [1.82, 2.24) is 5.32 Å². The average Bonchev–Trinajstić information content (AvgIpc) is 2.98. The van der Waals surface area contributed by atoms with Crippen molar-refractivity contribution < 1.29 is 33.4 Å². The van der Waals surface area contributed by atoms with Gasteiger partial charge in [-0.15, -0.1) is 0 Å². The number of rotatable bonds is 9. The molecule has 0 radical (unpaired) electrons. The van der Waals surface area contributed by atoms with Crippen LogP contribution in [-0.4, -0.2) is 46.9 Å². The van der Waals surface area contributed by atoms with Crippen molar-refractivity contribution in [2.45, 2.75) is 25.0 Å². The number of carbonyl (C=O) groups is 3. The maximum atomic E-state index is 12.0. The zero-order valence-electron chi connectivity index (χ0n) is 11.8. The SMILES string of the molecule is CO[C@@H](C(=O)N[C@@H](CCC(=O)C=[N+]=[N-])C(=O)O)c1ccco1. The largest absolute Gasteiger partial charge is 0.480 e. The van der Waals surface area contributed by atoms with Gasteiger partial charge >= 0.3 is 12.2 Å². The predicted octanol–water partition coefficient (Wildman–Crippen LogP) is 0.186. The van der Waals surface area contributed by atoms with Gasteiger partial charge in [0, 0.05) is 13.5 Å². The average molecular weight is 309 g/mol. The van der Waals surface area contributed by atoms with Crippen molar-refractivity contribution in [3.8, 4) is 0 Å². The Hall–Kier alpha value is -2.77. The van der Waals surface area contributed by atoms with Crippen LogP contribution >= 0.6 is 0 Å². The van der Waals surface area contributed by atoms with Crippen LogP contribution in [0.15, 0.2) is 22.8 Å². The third-order valence-corrected chi connectivity index (χ3v) is 2.77. The van der Waals surface area contributed by atoms with Crippen molar-refractivity contribution >= 4 is 23.9 Å². The second-order valence-electron chi connectivity index (χ2n) is 4.28. The number of hydrogen-bond donors (Lipinski definition) is 2. The number of amides is 1. The summed E-state index contributed by atoms with van der Waals surface area (Å²) in [5, 5.41) is 11.3. The van der Waals surface area contributed by atoms with Crippen LogP contribution in [0.3, 0.4) is 0 Å². The molecule has 1 aromatic rings. The maximum absolute atomic E-state index is 12.0. The van der Waals surface area contributed by atoms with E-state index in [9.17, 15) is 14.4 Å². The molecule has 2 atom stereocenters. The lowest BCUT2D eigenvalue weighted by Gasteiger charge is -2.17. The molecule has 0 saturated heterocycles. The van der Waals surface area contributed by atoms with Crippen LogP contribution in [0, 0.1) is 0 Å². The van der Waals surface area contributed by atoms with Gasteiger partial charge in [-0.05, 0) is 18.6 Å². The number of nitrogens with one attached hydrogen (secondary N) is 1. The number of aliphatic carboxylic acids is 1. The Labute approximate surface area is 125 Å². The molecule has 0 saturated carbocycles. The van der Waals surface area contributed by atoms with Crippen LogP contribution in [-0.2, 0) is 19.1 Å². The van der Waals surface area contributed by atoms with Crippen LogP contribution in [0.5, 0.6) is 0 Å². The number of ether oxygens (including phenoxy) is 1. The summed E-state index contributed by atoms with van der Waals surface area (Å²) in [6, 6.07) is 1.80. The van der Waals surface area contributed by atoms with E-state index in [1.165, 1.54) is 19.4 Å². The minimum atomic E-state index is -1.30. The van der Waals surface area contributed by atoms with Crippen LogP contribution in [0.2, 0.25) is 0 Å². The molecule has 0 spiro atoms. The van der Waals surface area contributed by atoms with Gasteiger partial charge in [0.2, 0.25) is 5.78 Å². The van der Waals surface area contributed by atoms with Crippen LogP contribution in [0.1, 0.15) is 24.7 Å². The van der Waals surface area contributed by atoms with Gasteiger partial charge in [0.05, 0.1) is 6.26 Å². The van der Waals surface area contributed by atoms with Crippen LogP contribution in [0.25, 0.3) is 5.53 Å². The molecule has 0 aliphatic carbocycles. The number of carboxylic acids is 1. The Balaban J connectivity index is 2.69. The Morgan fingerprint density at radius 3 is 2.77 bits per heavy atom. The Kier molecular flexibility index (Phi) is 6.68. The first-order valence-corrected chi connectivity index (χ1v) is 6.29. The summed E-state index contributed by atoms with van der Waals surface area (Å²) in [6.45, 7) is 0. The highest BCUT2D eigenvalue weighted by Crippen LogP contribution is 2.17. The number of carbonyl (C=O) groups excluding carboxylic acids is 2. The van der Waals surface area contributed by atoms with Crippen molar-refractivity contribution in [3.05, 3.63) is 29.7 Å². The number of carboxylic acid groups (broad SMARTS) is 1. The van der Waals surface area contributed by atoms with E-state index in [-0.39, 0.29) is 18.6 Å². The summed E-state index contributed by atoms with van der Waals surface area (Å²) in [4.78, 5) is 36.9. The molecule has 22 heavy (non-hydrogen) atoms. The van der Waals surface area contributed by atoms with E-state index < -0.39 is 29.8 Å². The molecule has 1 rings (SSSR count). The molecule has 9 heteroatoms. The minimum Gasteiger partial charge on any atom is -0.480 e. The summed E-state index contributed by atoms with van der Waals surface area (Å²) >= 11 is 0. The van der Waals surface area contributed by atoms with Gasteiger partial charge in [-0.1, -0.05) is 0 Å². The van der Waals surface area contributed by atoms with Crippen molar-refractivity contribution in [2.75, 3.05) is 7.11 Å². The predicted molar refractivity (Wildman–Crippen MR) is 71.9 cm³/mol. The van der Waals surface area contributed by atoms with Crippen LogP contribution in [0.4, 0.5) is 0 Å². The van der Waals surface area contributed by atoms with Gasteiger partial charge in [-0.3, -0.25) is 9.59 Å². The molecule has 0 aliphatic heterocycles. The normalized spacial score (nSPS) is 12.8. The third kappa shape index (κ3) is 4.97. The van der Waals surface area contributed by atoms with Gasteiger partial charge in [-0.2, -0.15) is 4.79 Å². The molecule has 1 amide bonds. The number of methoxy groups -OCH3 is 1. The van der Waals surface area contributed by atoms with Gasteiger partial charge in [0.25, 0.3) is 5.91 Å². The fourth-order valence-corrected chi connectivity index (χ4v) is 1.71. The maximum Gasteiger partial charge on any atom is 0.326 e. The molecule has 0 fully saturated rings. The lowest BCUT2D eigenvalue weighted by molar-refractivity contribution is -0.144. The van der Waals surface area contributed by atoms with E-state index in [4.69, 9.17) is 19.8 Å². The first kappa shape index (κ1) is 17.3. The van der Waals surface area contributed by atoms with Crippen LogP contribution < -0.4 is 5.32 Å². The van der Waals surface area contributed by atoms with E-state index in [0.717, 1.165) is 0 Å². The lowest BCUT2D eigenvalue weighted by atomic mass is 10.1. The van der Waals surface area contributed by atoms with E-state index >= 15 is 0 Å². The molecule has 0 unspecified atom stereocenters.